The monoisotopic (exact) mass is 383 g/mol. The Kier molecular flexibility index (Phi) is 5.92. The fourth-order valence-corrected chi connectivity index (χ4v) is 2.98. The summed E-state index contributed by atoms with van der Waals surface area (Å²) in [6.45, 7) is 8.70. The SMILES string of the molecule is CNCC1CN(c2ccc(Br)cc2)CCN1C(=O)OC(C)(C)C. The first-order valence-corrected chi connectivity index (χ1v) is 8.74. The van der Waals surface area contributed by atoms with Gasteiger partial charge in [0.15, 0.2) is 0 Å². The molecule has 2 rings (SSSR count). The van der Waals surface area contributed by atoms with Crippen molar-refractivity contribution in [2.45, 2.75) is 32.4 Å². The van der Waals surface area contributed by atoms with Crippen LogP contribution in [0.1, 0.15) is 20.8 Å². The number of carbonyl (C=O) groups is 1. The number of carbonyl (C=O) groups excluding carboxylic acids is 1. The average Bonchev–Trinajstić information content (AvgIpc) is 2.46. The molecule has 6 heteroatoms. The van der Waals surface area contributed by atoms with Crippen molar-refractivity contribution in [1.29, 1.82) is 0 Å². The van der Waals surface area contributed by atoms with E-state index in [0.29, 0.717) is 6.54 Å². The van der Waals surface area contributed by atoms with Gasteiger partial charge in [-0.15, -0.1) is 0 Å². The van der Waals surface area contributed by atoms with Crippen LogP contribution in [0, 0.1) is 0 Å². The van der Waals surface area contributed by atoms with Crippen molar-refractivity contribution in [3.8, 4) is 0 Å². The second kappa shape index (κ2) is 7.53. The van der Waals surface area contributed by atoms with Crippen molar-refractivity contribution >= 4 is 27.7 Å². The van der Waals surface area contributed by atoms with Gasteiger partial charge in [0.05, 0.1) is 6.04 Å². The van der Waals surface area contributed by atoms with Crippen LogP contribution in [0.5, 0.6) is 0 Å². The fourth-order valence-electron chi connectivity index (χ4n) is 2.71. The zero-order chi connectivity index (χ0) is 17.0. The summed E-state index contributed by atoms with van der Waals surface area (Å²) >= 11 is 3.46. The standard InChI is InChI=1S/C17H26BrN3O2/c1-17(2,3)23-16(22)21-10-9-20(12-15(21)11-19-4)14-7-5-13(18)6-8-14/h5-8,15,19H,9-12H2,1-4H3. The largest absolute Gasteiger partial charge is 0.444 e. The molecule has 1 N–H and O–H groups in total. The van der Waals surface area contributed by atoms with E-state index in [0.717, 1.165) is 24.1 Å². The first-order chi connectivity index (χ1) is 10.8. The minimum absolute atomic E-state index is 0.0900. The molecule has 5 nitrogen and oxygen atoms in total. The molecule has 1 aliphatic rings. The molecule has 0 radical (unpaired) electrons. The number of likely N-dealkylation sites (N-methyl/N-ethyl adjacent to an activating group) is 1. The Labute approximate surface area is 147 Å². The Hall–Kier alpha value is -1.27. The number of ether oxygens (including phenoxy) is 1. The molecule has 1 amide bonds. The van der Waals surface area contributed by atoms with E-state index in [9.17, 15) is 4.79 Å². The van der Waals surface area contributed by atoms with Gasteiger partial charge in [-0.1, -0.05) is 15.9 Å². The third kappa shape index (κ3) is 5.11. The van der Waals surface area contributed by atoms with E-state index in [4.69, 9.17) is 4.74 Å². The summed E-state index contributed by atoms with van der Waals surface area (Å²) in [6, 6.07) is 8.38. The van der Waals surface area contributed by atoms with Crippen LogP contribution in [0.3, 0.4) is 0 Å². The molecule has 1 fully saturated rings. The van der Waals surface area contributed by atoms with E-state index in [1.165, 1.54) is 5.69 Å². The van der Waals surface area contributed by atoms with Crippen LogP contribution >= 0.6 is 15.9 Å². The van der Waals surface area contributed by atoms with Gasteiger partial charge in [-0.25, -0.2) is 4.79 Å². The van der Waals surface area contributed by atoms with Gasteiger partial charge in [0, 0.05) is 36.3 Å². The zero-order valence-corrected chi connectivity index (χ0v) is 15.9. The quantitative estimate of drug-likeness (QED) is 0.870. The summed E-state index contributed by atoms with van der Waals surface area (Å²) < 4.78 is 6.61. The van der Waals surface area contributed by atoms with Crippen LogP contribution in [-0.2, 0) is 4.74 Å². The predicted octanol–water partition coefficient (Wildman–Crippen LogP) is 3.09. The topological polar surface area (TPSA) is 44.8 Å². The molecular weight excluding hydrogens is 358 g/mol. The number of hydrogen-bond donors (Lipinski definition) is 1. The lowest BCUT2D eigenvalue weighted by molar-refractivity contribution is 0.0143. The molecule has 23 heavy (non-hydrogen) atoms. The minimum atomic E-state index is -0.468. The van der Waals surface area contributed by atoms with Crippen LogP contribution in [0.4, 0.5) is 10.5 Å². The van der Waals surface area contributed by atoms with E-state index in [2.05, 4.69) is 38.3 Å². The van der Waals surface area contributed by atoms with Crippen molar-refractivity contribution in [2.75, 3.05) is 38.1 Å². The van der Waals surface area contributed by atoms with Gasteiger partial charge in [0.2, 0.25) is 0 Å². The zero-order valence-electron chi connectivity index (χ0n) is 14.3. The molecule has 0 aromatic heterocycles. The third-order valence-corrected chi connectivity index (χ3v) is 4.27. The van der Waals surface area contributed by atoms with Gasteiger partial charge in [-0.2, -0.15) is 0 Å². The molecule has 0 aliphatic carbocycles. The first kappa shape index (κ1) is 18.1. The number of benzene rings is 1. The Morgan fingerprint density at radius 3 is 2.52 bits per heavy atom. The van der Waals surface area contributed by atoms with Crippen molar-refractivity contribution in [3.05, 3.63) is 28.7 Å². The van der Waals surface area contributed by atoms with Crippen LogP contribution in [-0.4, -0.2) is 55.9 Å². The highest BCUT2D eigenvalue weighted by Crippen LogP contribution is 2.23. The van der Waals surface area contributed by atoms with Crippen LogP contribution in [0.15, 0.2) is 28.7 Å². The van der Waals surface area contributed by atoms with Gasteiger partial charge in [0.1, 0.15) is 5.60 Å². The Balaban J connectivity index is 2.08. The van der Waals surface area contributed by atoms with E-state index in [1.807, 2.05) is 44.9 Å². The maximum atomic E-state index is 12.4. The summed E-state index contributed by atoms with van der Waals surface area (Å²) in [6.07, 6.45) is -0.229. The maximum Gasteiger partial charge on any atom is 0.410 e. The van der Waals surface area contributed by atoms with E-state index in [1.54, 1.807) is 0 Å². The fraction of sp³-hybridized carbons (Fsp3) is 0.588. The molecule has 0 bridgehead atoms. The van der Waals surface area contributed by atoms with Crippen molar-refractivity contribution < 1.29 is 9.53 Å². The van der Waals surface area contributed by atoms with E-state index >= 15 is 0 Å². The summed E-state index contributed by atoms with van der Waals surface area (Å²) in [5.74, 6) is 0. The minimum Gasteiger partial charge on any atom is -0.444 e. The first-order valence-electron chi connectivity index (χ1n) is 7.95. The highest BCUT2D eigenvalue weighted by atomic mass is 79.9. The van der Waals surface area contributed by atoms with Gasteiger partial charge in [-0.05, 0) is 52.1 Å². The van der Waals surface area contributed by atoms with Crippen LogP contribution < -0.4 is 10.2 Å². The second-order valence-electron chi connectivity index (χ2n) is 6.81. The van der Waals surface area contributed by atoms with E-state index < -0.39 is 5.60 Å². The van der Waals surface area contributed by atoms with Gasteiger partial charge in [-0.3, -0.25) is 0 Å². The molecule has 1 atom stereocenters. The predicted molar refractivity (Wildman–Crippen MR) is 97.0 cm³/mol. The normalized spacial score (nSPS) is 18.9. The smallest absolute Gasteiger partial charge is 0.410 e. The molecule has 1 aromatic rings. The van der Waals surface area contributed by atoms with E-state index in [-0.39, 0.29) is 12.1 Å². The summed E-state index contributed by atoms with van der Waals surface area (Å²) in [7, 11) is 1.91. The van der Waals surface area contributed by atoms with Crippen LogP contribution in [0.2, 0.25) is 0 Å². The molecule has 0 spiro atoms. The van der Waals surface area contributed by atoms with Gasteiger partial charge in [0.25, 0.3) is 0 Å². The molecule has 1 unspecified atom stereocenters. The summed E-state index contributed by atoms with van der Waals surface area (Å²) in [5, 5.41) is 3.18. The number of anilines is 1. The van der Waals surface area contributed by atoms with Crippen LogP contribution in [0.25, 0.3) is 0 Å². The van der Waals surface area contributed by atoms with Crippen molar-refractivity contribution in [1.82, 2.24) is 10.2 Å². The number of halogens is 1. The molecule has 128 valence electrons. The third-order valence-electron chi connectivity index (χ3n) is 3.74. The van der Waals surface area contributed by atoms with Crippen molar-refractivity contribution in [3.63, 3.8) is 0 Å². The summed E-state index contributed by atoms with van der Waals surface area (Å²) in [5.41, 5.74) is 0.711. The average molecular weight is 384 g/mol. The molecule has 1 aliphatic heterocycles. The number of nitrogens with zero attached hydrogens (tertiary/aromatic N) is 2. The summed E-state index contributed by atoms with van der Waals surface area (Å²) in [4.78, 5) is 16.6. The Bertz CT molecular complexity index is 528. The highest BCUT2D eigenvalue weighted by molar-refractivity contribution is 9.10. The lowest BCUT2D eigenvalue weighted by Crippen LogP contribution is -2.59. The second-order valence-corrected chi connectivity index (χ2v) is 7.72. The number of nitrogens with one attached hydrogen (secondary N) is 1. The van der Waals surface area contributed by atoms with Gasteiger partial charge < -0.3 is 19.9 Å². The molecule has 1 aromatic carbocycles. The van der Waals surface area contributed by atoms with Gasteiger partial charge >= 0.3 is 6.09 Å². The highest BCUT2D eigenvalue weighted by Gasteiger charge is 2.33. The molecule has 1 heterocycles. The number of hydrogen-bond acceptors (Lipinski definition) is 4. The molecule has 0 saturated carbocycles. The molecular formula is C17H26BrN3O2. The number of amides is 1. The number of piperazine rings is 1. The molecule has 1 saturated heterocycles. The lowest BCUT2D eigenvalue weighted by Gasteiger charge is -2.42. The maximum absolute atomic E-state index is 12.4. The number of rotatable bonds is 3. The Morgan fingerprint density at radius 1 is 1.30 bits per heavy atom. The Morgan fingerprint density at radius 2 is 1.96 bits per heavy atom. The van der Waals surface area contributed by atoms with Crippen molar-refractivity contribution in [2.24, 2.45) is 0 Å². The lowest BCUT2D eigenvalue weighted by atomic mass is 10.1.